The molecule has 5 heteroatoms. The zero-order chi connectivity index (χ0) is 11.1. The highest BCUT2D eigenvalue weighted by molar-refractivity contribution is 9.11. The van der Waals surface area contributed by atoms with Crippen molar-refractivity contribution in [1.29, 1.82) is 0 Å². The van der Waals surface area contributed by atoms with Crippen LogP contribution in [0.1, 0.15) is 0 Å². The van der Waals surface area contributed by atoms with E-state index >= 15 is 0 Å². The van der Waals surface area contributed by atoms with Gasteiger partial charge in [0, 0.05) is 6.20 Å². The van der Waals surface area contributed by atoms with E-state index in [2.05, 4.69) is 20.9 Å². The Morgan fingerprint density at radius 3 is 2.81 bits per heavy atom. The van der Waals surface area contributed by atoms with Crippen LogP contribution in [0.5, 0.6) is 0 Å². The lowest BCUT2D eigenvalue weighted by Gasteiger charge is -1.95. The Labute approximate surface area is 105 Å². The van der Waals surface area contributed by atoms with Gasteiger partial charge in [-0.25, -0.2) is 4.98 Å². The van der Waals surface area contributed by atoms with E-state index in [4.69, 9.17) is 5.73 Å². The number of anilines is 1. The maximum absolute atomic E-state index is 5.87. The van der Waals surface area contributed by atoms with Crippen molar-refractivity contribution in [3.63, 3.8) is 0 Å². The number of hydrogen-bond acceptors (Lipinski definition) is 3. The summed E-state index contributed by atoms with van der Waals surface area (Å²) in [4.78, 5) is 5.66. The number of hydrogen-bond donors (Lipinski definition) is 1. The summed E-state index contributed by atoms with van der Waals surface area (Å²) in [6.07, 6.45) is 1.96. The molecule has 0 fully saturated rings. The van der Waals surface area contributed by atoms with Crippen molar-refractivity contribution < 1.29 is 0 Å². The number of halogens is 1. The van der Waals surface area contributed by atoms with Crippen LogP contribution in [0.3, 0.4) is 0 Å². The van der Waals surface area contributed by atoms with Crippen LogP contribution in [-0.4, -0.2) is 9.38 Å². The number of aromatic nitrogens is 2. The molecule has 0 aromatic carbocycles. The molecule has 0 saturated carbocycles. The summed E-state index contributed by atoms with van der Waals surface area (Å²) in [6.45, 7) is 0. The number of fused-ring (bicyclic) bond motifs is 1. The molecule has 0 spiro atoms. The molecule has 0 atom stereocenters. The smallest absolute Gasteiger partial charge is 0.139 e. The van der Waals surface area contributed by atoms with Crippen LogP contribution in [0.2, 0.25) is 0 Å². The second-order valence-electron chi connectivity index (χ2n) is 3.41. The van der Waals surface area contributed by atoms with Crippen molar-refractivity contribution in [3.8, 4) is 10.6 Å². The molecule has 3 nitrogen and oxygen atoms in total. The standard InChI is InChI=1S/C11H8BrN3S/c12-9-5-4-8(16-9)7-6-15-10(13)2-1-3-11(15)14-7/h1-6H,13H2. The molecule has 0 unspecified atom stereocenters. The number of thiophene rings is 1. The van der Waals surface area contributed by atoms with Gasteiger partial charge in [-0.05, 0) is 40.2 Å². The van der Waals surface area contributed by atoms with E-state index in [1.807, 2.05) is 40.9 Å². The number of nitrogens with zero attached hydrogens (tertiary/aromatic N) is 2. The van der Waals surface area contributed by atoms with E-state index < -0.39 is 0 Å². The summed E-state index contributed by atoms with van der Waals surface area (Å²) in [5, 5.41) is 0. The fourth-order valence-corrected chi connectivity index (χ4v) is 2.94. The molecule has 0 amide bonds. The highest BCUT2D eigenvalue weighted by Gasteiger charge is 2.07. The molecule has 3 aromatic rings. The molecule has 0 aliphatic carbocycles. The van der Waals surface area contributed by atoms with Crippen molar-refractivity contribution in [2.45, 2.75) is 0 Å². The van der Waals surface area contributed by atoms with Gasteiger partial charge in [0.05, 0.1) is 14.4 Å². The van der Waals surface area contributed by atoms with Gasteiger partial charge in [0.15, 0.2) is 0 Å². The number of nitrogens with two attached hydrogens (primary N) is 1. The lowest BCUT2D eigenvalue weighted by Crippen LogP contribution is -1.93. The summed E-state index contributed by atoms with van der Waals surface area (Å²) in [7, 11) is 0. The van der Waals surface area contributed by atoms with Crippen molar-refractivity contribution in [3.05, 3.63) is 40.3 Å². The minimum atomic E-state index is 0.701. The first kappa shape index (κ1) is 9.86. The van der Waals surface area contributed by atoms with Crippen LogP contribution in [-0.2, 0) is 0 Å². The normalized spacial score (nSPS) is 11.1. The van der Waals surface area contributed by atoms with Gasteiger partial charge in [0.25, 0.3) is 0 Å². The number of pyridine rings is 1. The minimum Gasteiger partial charge on any atom is -0.385 e. The fraction of sp³-hybridized carbons (Fsp3) is 0. The van der Waals surface area contributed by atoms with E-state index in [1.54, 1.807) is 11.3 Å². The van der Waals surface area contributed by atoms with Crippen molar-refractivity contribution in [2.24, 2.45) is 0 Å². The molecule has 3 heterocycles. The molecule has 0 aliphatic heterocycles. The zero-order valence-corrected chi connectivity index (χ0v) is 10.6. The third-order valence-electron chi connectivity index (χ3n) is 2.35. The molecule has 0 radical (unpaired) electrons. The SMILES string of the molecule is Nc1cccc2nc(-c3ccc(Br)s3)cn12. The molecule has 0 bridgehead atoms. The van der Waals surface area contributed by atoms with Crippen molar-refractivity contribution in [1.82, 2.24) is 9.38 Å². The van der Waals surface area contributed by atoms with Gasteiger partial charge in [-0.15, -0.1) is 11.3 Å². The van der Waals surface area contributed by atoms with Gasteiger partial charge < -0.3 is 5.73 Å². The topological polar surface area (TPSA) is 43.3 Å². The van der Waals surface area contributed by atoms with Gasteiger partial charge in [-0.3, -0.25) is 4.40 Å². The molecular formula is C11H8BrN3S. The van der Waals surface area contributed by atoms with Crippen LogP contribution in [0, 0.1) is 0 Å². The monoisotopic (exact) mass is 293 g/mol. The van der Waals surface area contributed by atoms with Crippen molar-refractivity contribution in [2.75, 3.05) is 5.73 Å². The molecule has 16 heavy (non-hydrogen) atoms. The largest absolute Gasteiger partial charge is 0.385 e. The Balaban J connectivity index is 2.22. The van der Waals surface area contributed by atoms with E-state index in [-0.39, 0.29) is 0 Å². The second-order valence-corrected chi connectivity index (χ2v) is 5.87. The molecule has 3 aromatic heterocycles. The highest BCUT2D eigenvalue weighted by Crippen LogP contribution is 2.31. The fourth-order valence-electron chi connectivity index (χ4n) is 1.60. The van der Waals surface area contributed by atoms with Gasteiger partial charge in [0.2, 0.25) is 0 Å². The summed E-state index contributed by atoms with van der Waals surface area (Å²) in [5.74, 6) is 0.701. The number of rotatable bonds is 1. The van der Waals surface area contributed by atoms with Gasteiger partial charge in [-0.2, -0.15) is 0 Å². The lowest BCUT2D eigenvalue weighted by atomic mass is 10.4. The number of nitrogen functional groups attached to an aromatic ring is 1. The quantitative estimate of drug-likeness (QED) is 0.747. The molecule has 3 rings (SSSR count). The molecular weight excluding hydrogens is 286 g/mol. The third-order valence-corrected chi connectivity index (χ3v) is 4.00. The number of imidazole rings is 1. The van der Waals surface area contributed by atoms with Crippen LogP contribution in [0.15, 0.2) is 40.3 Å². The van der Waals surface area contributed by atoms with Gasteiger partial charge in [-0.1, -0.05) is 6.07 Å². The Morgan fingerprint density at radius 1 is 1.25 bits per heavy atom. The predicted molar refractivity (Wildman–Crippen MR) is 70.6 cm³/mol. The second kappa shape index (κ2) is 3.61. The molecule has 0 saturated heterocycles. The molecule has 0 aliphatic rings. The molecule has 80 valence electrons. The summed E-state index contributed by atoms with van der Waals surface area (Å²) >= 11 is 5.11. The highest BCUT2D eigenvalue weighted by atomic mass is 79.9. The van der Waals surface area contributed by atoms with E-state index in [1.165, 1.54) is 0 Å². The first-order valence-corrected chi connectivity index (χ1v) is 6.34. The van der Waals surface area contributed by atoms with Crippen LogP contribution in [0.25, 0.3) is 16.2 Å². The third kappa shape index (κ3) is 1.52. The van der Waals surface area contributed by atoms with Crippen LogP contribution in [0.4, 0.5) is 5.82 Å². The Hall–Kier alpha value is -1.33. The lowest BCUT2D eigenvalue weighted by molar-refractivity contribution is 1.20. The maximum atomic E-state index is 5.87. The Kier molecular flexibility index (Phi) is 2.22. The summed E-state index contributed by atoms with van der Waals surface area (Å²) < 4.78 is 3.00. The summed E-state index contributed by atoms with van der Waals surface area (Å²) in [5.41, 5.74) is 7.70. The van der Waals surface area contributed by atoms with Gasteiger partial charge in [0.1, 0.15) is 11.5 Å². The van der Waals surface area contributed by atoms with E-state index in [0.717, 1.165) is 20.0 Å². The summed E-state index contributed by atoms with van der Waals surface area (Å²) in [6, 6.07) is 9.79. The zero-order valence-electron chi connectivity index (χ0n) is 8.22. The van der Waals surface area contributed by atoms with E-state index in [0.29, 0.717) is 5.82 Å². The average molecular weight is 294 g/mol. The minimum absolute atomic E-state index is 0.701. The molecule has 2 N–H and O–H groups in total. The maximum Gasteiger partial charge on any atom is 0.139 e. The van der Waals surface area contributed by atoms with E-state index in [9.17, 15) is 0 Å². The predicted octanol–water partition coefficient (Wildman–Crippen LogP) is 3.41. The Morgan fingerprint density at radius 2 is 2.12 bits per heavy atom. The first-order valence-electron chi connectivity index (χ1n) is 4.73. The van der Waals surface area contributed by atoms with Gasteiger partial charge >= 0.3 is 0 Å². The Bertz CT molecular complexity index is 656. The van der Waals surface area contributed by atoms with Crippen LogP contribution >= 0.6 is 27.3 Å². The van der Waals surface area contributed by atoms with Crippen LogP contribution < -0.4 is 5.73 Å². The average Bonchev–Trinajstić information content (AvgIpc) is 2.84. The first-order chi connectivity index (χ1) is 7.74. The van der Waals surface area contributed by atoms with Crippen molar-refractivity contribution >= 4 is 38.7 Å².